The third-order valence-electron chi connectivity index (χ3n) is 6.30. The Morgan fingerprint density at radius 3 is 2.20 bits per heavy atom. The van der Waals surface area contributed by atoms with Gasteiger partial charge in [-0.1, -0.05) is 53.5 Å². The van der Waals surface area contributed by atoms with E-state index in [1.165, 1.54) is 28.3 Å². The second kappa shape index (κ2) is 10.6. The van der Waals surface area contributed by atoms with Gasteiger partial charge in [-0.05, 0) is 85.2 Å². The molecule has 0 radical (unpaired) electrons. The minimum absolute atomic E-state index is 0.0862. The van der Waals surface area contributed by atoms with Crippen molar-refractivity contribution >= 4 is 44.8 Å². The van der Waals surface area contributed by atoms with Gasteiger partial charge in [0.15, 0.2) is 0 Å². The number of hydrogen-bond acceptors (Lipinski definition) is 3. The summed E-state index contributed by atoms with van der Waals surface area (Å²) in [6.45, 7) is 2.07. The van der Waals surface area contributed by atoms with E-state index in [9.17, 15) is 13.2 Å². The van der Waals surface area contributed by atoms with Crippen LogP contribution < -0.4 is 9.62 Å². The summed E-state index contributed by atoms with van der Waals surface area (Å²) in [6, 6.07) is 17.9. The van der Waals surface area contributed by atoms with E-state index in [0.717, 1.165) is 30.2 Å². The van der Waals surface area contributed by atoms with Crippen LogP contribution in [0.15, 0.2) is 60.7 Å². The molecular formula is C27H28Cl2N2O3S. The Labute approximate surface area is 217 Å². The monoisotopic (exact) mass is 530 g/mol. The Balaban J connectivity index is 1.46. The molecular weight excluding hydrogens is 503 g/mol. The van der Waals surface area contributed by atoms with Crippen molar-refractivity contribution in [1.82, 2.24) is 5.32 Å². The number of fused-ring (bicyclic) bond motifs is 1. The lowest BCUT2D eigenvalue weighted by Gasteiger charge is -2.23. The fourth-order valence-corrected chi connectivity index (χ4v) is 5.78. The minimum Gasteiger partial charge on any atom is -0.346 e. The lowest BCUT2D eigenvalue weighted by molar-refractivity contribution is 0.0940. The number of halogens is 2. The largest absolute Gasteiger partial charge is 0.346 e. The number of benzene rings is 3. The second-order valence-corrected chi connectivity index (χ2v) is 11.8. The van der Waals surface area contributed by atoms with Crippen LogP contribution in [0.3, 0.4) is 0 Å². The van der Waals surface area contributed by atoms with Crippen LogP contribution in [-0.2, 0) is 29.4 Å². The number of aryl methyl sites for hydroxylation is 2. The molecule has 0 spiro atoms. The third kappa shape index (κ3) is 6.37. The van der Waals surface area contributed by atoms with E-state index in [0.29, 0.717) is 21.3 Å². The van der Waals surface area contributed by atoms with Gasteiger partial charge < -0.3 is 5.32 Å². The zero-order chi connectivity index (χ0) is 25.2. The van der Waals surface area contributed by atoms with Crippen molar-refractivity contribution in [2.75, 3.05) is 10.6 Å². The lowest BCUT2D eigenvalue weighted by atomic mass is 9.89. The molecule has 184 valence electrons. The molecule has 5 nitrogen and oxygen atoms in total. The lowest BCUT2D eigenvalue weighted by Crippen LogP contribution is -2.29. The van der Waals surface area contributed by atoms with Crippen LogP contribution in [0.1, 0.15) is 58.4 Å². The molecule has 35 heavy (non-hydrogen) atoms. The number of anilines is 1. The summed E-state index contributed by atoms with van der Waals surface area (Å²) in [5, 5.41) is 3.76. The molecule has 1 N–H and O–H groups in total. The summed E-state index contributed by atoms with van der Waals surface area (Å²) in [5.41, 5.74) is 5.51. The van der Waals surface area contributed by atoms with E-state index < -0.39 is 10.0 Å². The molecule has 1 aliphatic rings. The van der Waals surface area contributed by atoms with E-state index in [2.05, 4.69) is 23.5 Å². The van der Waals surface area contributed by atoms with Gasteiger partial charge in [-0.25, -0.2) is 8.42 Å². The predicted molar refractivity (Wildman–Crippen MR) is 143 cm³/mol. The number of hydrogen-bond donors (Lipinski definition) is 1. The average Bonchev–Trinajstić information content (AvgIpc) is 2.81. The van der Waals surface area contributed by atoms with Gasteiger partial charge in [-0.15, -0.1) is 0 Å². The van der Waals surface area contributed by atoms with Crippen LogP contribution in [0.25, 0.3) is 0 Å². The number of carbonyl (C=O) groups excluding carboxylic acids is 1. The predicted octanol–water partition coefficient (Wildman–Crippen LogP) is 6.33. The molecule has 1 amide bonds. The number of nitrogens with zero attached hydrogens (tertiary/aromatic N) is 1. The fourth-order valence-electron chi connectivity index (χ4n) is 4.40. The minimum atomic E-state index is -3.59. The summed E-state index contributed by atoms with van der Waals surface area (Å²) < 4.78 is 26.1. The maximum atomic E-state index is 12.9. The quantitative estimate of drug-likeness (QED) is 0.388. The van der Waals surface area contributed by atoms with E-state index in [4.69, 9.17) is 23.2 Å². The van der Waals surface area contributed by atoms with Gasteiger partial charge in [0.05, 0.1) is 24.5 Å². The molecule has 4 rings (SSSR count). The molecule has 3 aromatic carbocycles. The van der Waals surface area contributed by atoms with Gasteiger partial charge in [0.25, 0.3) is 5.91 Å². The van der Waals surface area contributed by atoms with Gasteiger partial charge in [-0.2, -0.15) is 0 Å². The molecule has 0 aromatic heterocycles. The third-order valence-corrected chi connectivity index (χ3v) is 7.88. The van der Waals surface area contributed by atoms with Crippen molar-refractivity contribution in [3.05, 3.63) is 98.5 Å². The van der Waals surface area contributed by atoms with Crippen LogP contribution in [0.5, 0.6) is 0 Å². The first kappa shape index (κ1) is 25.5. The number of nitrogens with one attached hydrogen (secondary N) is 1. The molecule has 0 bridgehead atoms. The van der Waals surface area contributed by atoms with E-state index in [-0.39, 0.29) is 18.5 Å². The Bertz CT molecular complexity index is 1320. The summed E-state index contributed by atoms with van der Waals surface area (Å²) >= 11 is 12.1. The van der Waals surface area contributed by atoms with E-state index in [1.54, 1.807) is 42.5 Å². The summed E-state index contributed by atoms with van der Waals surface area (Å²) in [7, 11) is -3.59. The van der Waals surface area contributed by atoms with Crippen LogP contribution in [0.4, 0.5) is 5.69 Å². The Hall–Kier alpha value is -2.54. The molecule has 0 unspecified atom stereocenters. The van der Waals surface area contributed by atoms with Crippen molar-refractivity contribution in [1.29, 1.82) is 0 Å². The van der Waals surface area contributed by atoms with Crippen LogP contribution in [0.2, 0.25) is 10.0 Å². The summed E-state index contributed by atoms with van der Waals surface area (Å²) in [6.07, 6.45) is 5.81. The SMILES string of the molecule is C[C@H](NC(=O)c1ccc(CN(c2cc(Cl)cc(Cl)c2)S(C)(=O)=O)cc1)c1ccc2c(c1)CCCC2. The Morgan fingerprint density at radius 2 is 1.57 bits per heavy atom. The van der Waals surface area contributed by atoms with E-state index in [1.807, 2.05) is 6.92 Å². The molecule has 0 saturated heterocycles. The van der Waals surface area contributed by atoms with Crippen molar-refractivity contribution in [2.24, 2.45) is 0 Å². The normalized spacial score (nSPS) is 14.2. The Kier molecular flexibility index (Phi) is 7.74. The molecule has 0 fully saturated rings. The zero-order valence-electron chi connectivity index (χ0n) is 19.7. The first-order chi connectivity index (χ1) is 16.6. The molecule has 1 aliphatic carbocycles. The zero-order valence-corrected chi connectivity index (χ0v) is 22.1. The van der Waals surface area contributed by atoms with Gasteiger partial charge in [-0.3, -0.25) is 9.10 Å². The molecule has 3 aromatic rings. The fraction of sp³-hybridized carbons (Fsp3) is 0.296. The smallest absolute Gasteiger partial charge is 0.251 e. The molecule has 0 heterocycles. The summed E-state index contributed by atoms with van der Waals surface area (Å²) in [5.74, 6) is -0.177. The Morgan fingerprint density at radius 1 is 0.943 bits per heavy atom. The van der Waals surface area contributed by atoms with Gasteiger partial charge in [0.2, 0.25) is 10.0 Å². The van der Waals surface area contributed by atoms with Crippen LogP contribution in [-0.4, -0.2) is 20.6 Å². The van der Waals surface area contributed by atoms with E-state index >= 15 is 0 Å². The second-order valence-electron chi connectivity index (χ2n) is 9.02. The maximum Gasteiger partial charge on any atom is 0.251 e. The number of carbonyl (C=O) groups is 1. The molecule has 1 atom stereocenters. The van der Waals surface area contributed by atoms with Gasteiger partial charge >= 0.3 is 0 Å². The maximum absolute atomic E-state index is 12.9. The standard InChI is InChI=1S/C27H28Cl2N2O3S/c1-18(22-12-11-20-5-3-4-6-23(20)13-22)30-27(32)21-9-7-19(8-10-21)17-31(35(2,33)34)26-15-24(28)14-25(29)16-26/h7-16,18H,3-6,17H2,1-2H3,(H,30,32)/t18-/m0/s1. The van der Waals surface area contributed by atoms with Gasteiger partial charge in [0.1, 0.15) is 0 Å². The topological polar surface area (TPSA) is 66.5 Å². The number of sulfonamides is 1. The first-order valence-electron chi connectivity index (χ1n) is 11.6. The van der Waals surface area contributed by atoms with Crippen molar-refractivity contribution in [3.63, 3.8) is 0 Å². The van der Waals surface area contributed by atoms with Crippen molar-refractivity contribution in [3.8, 4) is 0 Å². The molecule has 0 aliphatic heterocycles. The number of amides is 1. The van der Waals surface area contributed by atoms with Crippen LogP contribution >= 0.6 is 23.2 Å². The van der Waals surface area contributed by atoms with Crippen molar-refractivity contribution < 1.29 is 13.2 Å². The van der Waals surface area contributed by atoms with Gasteiger partial charge in [0, 0.05) is 15.6 Å². The highest BCUT2D eigenvalue weighted by Gasteiger charge is 2.20. The highest BCUT2D eigenvalue weighted by atomic mass is 35.5. The first-order valence-corrected chi connectivity index (χ1v) is 14.2. The molecule has 8 heteroatoms. The van der Waals surface area contributed by atoms with Crippen molar-refractivity contribution in [2.45, 2.75) is 45.2 Å². The average molecular weight is 532 g/mol. The number of rotatable bonds is 7. The highest BCUT2D eigenvalue weighted by Crippen LogP contribution is 2.29. The molecule has 0 saturated carbocycles. The highest BCUT2D eigenvalue weighted by molar-refractivity contribution is 7.92. The van der Waals surface area contributed by atoms with Crippen LogP contribution in [0, 0.1) is 0 Å². The summed E-state index contributed by atoms with van der Waals surface area (Å²) in [4.78, 5) is 12.9.